The average Bonchev–Trinajstić information content (AvgIpc) is 2.84. The van der Waals surface area contributed by atoms with Gasteiger partial charge in [0, 0.05) is 52.4 Å². The van der Waals surface area contributed by atoms with Crippen LogP contribution in [0, 0.1) is 0 Å². The van der Waals surface area contributed by atoms with Gasteiger partial charge in [-0.05, 0) is 51.6 Å². The molecule has 1 aliphatic rings. The second-order valence-corrected chi connectivity index (χ2v) is 9.08. The number of piperazine rings is 1. The van der Waals surface area contributed by atoms with Gasteiger partial charge in [0.15, 0.2) is 11.9 Å². The molecule has 0 aliphatic carbocycles. The highest BCUT2D eigenvalue weighted by Gasteiger charge is 2.17. The van der Waals surface area contributed by atoms with Gasteiger partial charge in [-0.3, -0.25) is 19.6 Å². The van der Waals surface area contributed by atoms with Crippen molar-refractivity contribution in [2.24, 2.45) is 44.4 Å². The van der Waals surface area contributed by atoms with Gasteiger partial charge < -0.3 is 54.8 Å². The molecule has 37 heavy (non-hydrogen) atoms. The molecule has 0 unspecified atom stereocenters. The average molecular weight is 529 g/mol. The topological polar surface area (TPSA) is 246 Å². The number of guanidine groups is 2. The summed E-state index contributed by atoms with van der Waals surface area (Å²) in [7, 11) is 0. The molecule has 14 nitrogen and oxygen atoms in total. The Balaban J connectivity index is 0.0000130. The highest BCUT2D eigenvalue weighted by molar-refractivity contribution is 5.81. The molecule has 0 saturated carbocycles. The van der Waals surface area contributed by atoms with E-state index in [1.165, 1.54) is 0 Å². The lowest BCUT2D eigenvalue weighted by molar-refractivity contribution is -0.123. The van der Waals surface area contributed by atoms with Crippen molar-refractivity contribution >= 4 is 23.7 Å². The summed E-state index contributed by atoms with van der Waals surface area (Å²) in [5.74, 6) is -0.175. The van der Waals surface area contributed by atoms with Crippen molar-refractivity contribution < 1.29 is 9.59 Å². The first-order valence-corrected chi connectivity index (χ1v) is 12.8. The molecule has 216 valence electrons. The predicted molar refractivity (Wildman–Crippen MR) is 151 cm³/mol. The standard InChI is InChI=1S/C22H48N12O2.CH4/c23-17(5-1-7-31-21(25)26)19(35)29-9-3-11-33-13-15-34(16-14-33)12-4-10-30-20(36)18(24)6-2-8-32-22(27)28;/h17-18H,1-16,23-24H2,(H,29,35)(H,30,36)(H4,25,26,31)(H4,27,28,32);1H4/t17-,18-;/m0./s1. The highest BCUT2D eigenvalue weighted by Crippen LogP contribution is 2.03. The van der Waals surface area contributed by atoms with Gasteiger partial charge in [-0.25, -0.2) is 0 Å². The second kappa shape index (κ2) is 20.4. The zero-order chi connectivity index (χ0) is 26.8. The number of carbonyl (C=O) groups excluding carboxylic acids is 2. The van der Waals surface area contributed by atoms with E-state index in [-0.39, 0.29) is 31.2 Å². The third-order valence-corrected chi connectivity index (χ3v) is 5.97. The molecule has 0 bridgehead atoms. The summed E-state index contributed by atoms with van der Waals surface area (Å²) >= 11 is 0. The molecule has 14 N–H and O–H groups in total. The van der Waals surface area contributed by atoms with E-state index in [0.29, 0.717) is 51.9 Å². The molecular weight excluding hydrogens is 476 g/mol. The van der Waals surface area contributed by atoms with Gasteiger partial charge in [0.05, 0.1) is 12.1 Å². The first-order chi connectivity index (χ1) is 17.2. The van der Waals surface area contributed by atoms with E-state index in [9.17, 15) is 9.59 Å². The number of nitrogens with two attached hydrogens (primary N) is 6. The summed E-state index contributed by atoms with van der Waals surface area (Å²) in [6.45, 7) is 8.00. The van der Waals surface area contributed by atoms with Crippen LogP contribution in [0.25, 0.3) is 0 Å². The van der Waals surface area contributed by atoms with Gasteiger partial charge in [-0.15, -0.1) is 0 Å². The summed E-state index contributed by atoms with van der Waals surface area (Å²) in [6, 6.07) is -1.08. The van der Waals surface area contributed by atoms with Crippen molar-refractivity contribution in [3.8, 4) is 0 Å². The van der Waals surface area contributed by atoms with Gasteiger partial charge >= 0.3 is 0 Å². The summed E-state index contributed by atoms with van der Waals surface area (Å²) in [5.41, 5.74) is 32.9. The Labute approximate surface area is 222 Å². The molecule has 0 aromatic rings. The Bertz CT molecular complexity index is 629. The Hall–Kier alpha value is -2.68. The first kappa shape index (κ1) is 34.3. The second-order valence-electron chi connectivity index (χ2n) is 9.08. The molecule has 1 aliphatic heterocycles. The Morgan fingerprint density at radius 3 is 1.35 bits per heavy atom. The lowest BCUT2D eigenvalue weighted by atomic mass is 10.1. The van der Waals surface area contributed by atoms with Crippen molar-refractivity contribution in [2.75, 3.05) is 65.4 Å². The highest BCUT2D eigenvalue weighted by atomic mass is 16.2. The lowest BCUT2D eigenvalue weighted by Gasteiger charge is -2.34. The number of hydrogen-bond donors (Lipinski definition) is 8. The number of nitrogens with one attached hydrogen (secondary N) is 2. The number of nitrogens with zero attached hydrogens (tertiary/aromatic N) is 4. The van der Waals surface area contributed by atoms with E-state index in [1.807, 2.05) is 0 Å². The van der Waals surface area contributed by atoms with Crippen LogP contribution in [-0.2, 0) is 9.59 Å². The van der Waals surface area contributed by atoms with Crippen LogP contribution in [0.4, 0.5) is 0 Å². The summed E-state index contributed by atoms with van der Waals surface area (Å²) in [5, 5.41) is 5.81. The molecule has 1 heterocycles. The fourth-order valence-corrected chi connectivity index (χ4v) is 3.83. The number of rotatable bonds is 18. The Morgan fingerprint density at radius 2 is 1.03 bits per heavy atom. The summed E-state index contributed by atoms with van der Waals surface area (Å²) < 4.78 is 0. The fourth-order valence-electron chi connectivity index (χ4n) is 3.83. The minimum atomic E-state index is -0.542. The molecule has 0 radical (unpaired) electrons. The minimum Gasteiger partial charge on any atom is -0.370 e. The van der Waals surface area contributed by atoms with Gasteiger partial charge in [0.2, 0.25) is 11.8 Å². The third kappa shape index (κ3) is 17.4. The van der Waals surface area contributed by atoms with E-state index in [0.717, 1.165) is 52.1 Å². The molecule has 1 saturated heterocycles. The van der Waals surface area contributed by atoms with E-state index in [4.69, 9.17) is 34.4 Å². The number of amides is 2. The van der Waals surface area contributed by atoms with Crippen LogP contribution in [0.5, 0.6) is 0 Å². The van der Waals surface area contributed by atoms with Crippen molar-refractivity contribution in [3.63, 3.8) is 0 Å². The van der Waals surface area contributed by atoms with Crippen LogP contribution >= 0.6 is 0 Å². The van der Waals surface area contributed by atoms with Crippen molar-refractivity contribution in [1.29, 1.82) is 0 Å². The minimum absolute atomic E-state index is 0. The number of aliphatic imine (C=N–C) groups is 2. The zero-order valence-electron chi connectivity index (χ0n) is 21.5. The molecule has 0 aromatic heterocycles. The van der Waals surface area contributed by atoms with Gasteiger partial charge in [0.25, 0.3) is 0 Å². The molecule has 2 amide bonds. The Kier molecular flexibility index (Phi) is 18.9. The zero-order valence-corrected chi connectivity index (χ0v) is 21.5. The lowest BCUT2D eigenvalue weighted by Crippen LogP contribution is -2.48. The van der Waals surface area contributed by atoms with Crippen LogP contribution in [0.15, 0.2) is 9.98 Å². The maximum absolute atomic E-state index is 12.1. The van der Waals surface area contributed by atoms with Gasteiger partial charge in [-0.2, -0.15) is 0 Å². The van der Waals surface area contributed by atoms with Crippen LogP contribution < -0.4 is 45.0 Å². The molecule has 14 heteroatoms. The fraction of sp³-hybridized carbons (Fsp3) is 0.826. The Morgan fingerprint density at radius 1 is 0.676 bits per heavy atom. The maximum Gasteiger partial charge on any atom is 0.236 e. The number of carbonyl (C=O) groups is 2. The van der Waals surface area contributed by atoms with Crippen LogP contribution in [0.3, 0.4) is 0 Å². The summed E-state index contributed by atoms with van der Waals surface area (Å²) in [4.78, 5) is 36.7. The predicted octanol–water partition coefficient (Wildman–Crippen LogP) is -2.99. The molecule has 0 spiro atoms. The van der Waals surface area contributed by atoms with E-state index in [1.54, 1.807) is 0 Å². The smallest absolute Gasteiger partial charge is 0.236 e. The van der Waals surface area contributed by atoms with Gasteiger partial charge in [-0.1, -0.05) is 7.43 Å². The maximum atomic E-state index is 12.1. The number of hydrogen-bond acceptors (Lipinski definition) is 8. The molecule has 2 atom stereocenters. The van der Waals surface area contributed by atoms with Crippen molar-refractivity contribution in [1.82, 2.24) is 20.4 Å². The first-order valence-electron chi connectivity index (χ1n) is 12.8. The SMILES string of the molecule is C.NC(N)=NCCC[C@H](N)C(=O)NCCCN1CCN(CCCNC(=O)[C@@H](N)CCCN=C(N)N)CC1. The van der Waals surface area contributed by atoms with Crippen LogP contribution in [-0.4, -0.2) is 111 Å². The molecular formula is C23H52N12O2. The van der Waals surface area contributed by atoms with Crippen LogP contribution in [0.1, 0.15) is 46.0 Å². The largest absolute Gasteiger partial charge is 0.370 e. The quantitative estimate of drug-likeness (QED) is 0.0509. The van der Waals surface area contributed by atoms with E-state index >= 15 is 0 Å². The van der Waals surface area contributed by atoms with Gasteiger partial charge in [0.1, 0.15) is 0 Å². The normalized spacial score (nSPS) is 15.6. The monoisotopic (exact) mass is 528 g/mol. The third-order valence-electron chi connectivity index (χ3n) is 5.97. The van der Waals surface area contributed by atoms with E-state index < -0.39 is 12.1 Å². The van der Waals surface area contributed by atoms with Crippen LogP contribution in [0.2, 0.25) is 0 Å². The van der Waals surface area contributed by atoms with Crippen molar-refractivity contribution in [2.45, 2.75) is 58.0 Å². The van der Waals surface area contributed by atoms with Crippen molar-refractivity contribution in [3.05, 3.63) is 0 Å². The molecule has 0 aromatic carbocycles. The summed E-state index contributed by atoms with van der Waals surface area (Å²) in [6.07, 6.45) is 4.18. The van der Waals surface area contributed by atoms with E-state index in [2.05, 4.69) is 30.4 Å². The molecule has 1 rings (SSSR count). The molecule has 1 fully saturated rings.